The lowest BCUT2D eigenvalue weighted by molar-refractivity contribution is 0.102. The molecule has 0 bridgehead atoms. The lowest BCUT2D eigenvalue weighted by Gasteiger charge is -2.35. The highest BCUT2D eigenvalue weighted by Gasteiger charge is 2.19. The molecule has 1 heterocycles. The van der Waals surface area contributed by atoms with E-state index in [2.05, 4.69) is 44.2 Å². The molecule has 1 aliphatic heterocycles. The van der Waals surface area contributed by atoms with Crippen molar-refractivity contribution in [3.05, 3.63) is 46.4 Å². The zero-order valence-electron chi connectivity index (χ0n) is 16.5. The quantitative estimate of drug-likeness (QED) is 0.728. The van der Waals surface area contributed by atoms with Gasteiger partial charge in [-0.1, -0.05) is 12.1 Å². The van der Waals surface area contributed by atoms with Crippen molar-refractivity contribution in [3.8, 4) is 11.5 Å². The van der Waals surface area contributed by atoms with Gasteiger partial charge in [-0.25, -0.2) is 0 Å². The minimum atomic E-state index is -0.191. The highest BCUT2D eigenvalue weighted by atomic mass is 79.9. The van der Waals surface area contributed by atoms with Gasteiger partial charge in [-0.15, -0.1) is 0 Å². The number of halogens is 1. The molecular weight excluding hydrogens is 422 g/mol. The van der Waals surface area contributed by atoms with Crippen LogP contribution >= 0.6 is 15.9 Å². The summed E-state index contributed by atoms with van der Waals surface area (Å²) in [4.78, 5) is 17.6. The molecule has 28 heavy (non-hydrogen) atoms. The van der Waals surface area contributed by atoms with Gasteiger partial charge in [0.15, 0.2) is 11.5 Å². The fourth-order valence-electron chi connectivity index (χ4n) is 3.23. The monoisotopic (exact) mass is 447 g/mol. The zero-order valence-corrected chi connectivity index (χ0v) is 18.1. The van der Waals surface area contributed by atoms with Crippen molar-refractivity contribution in [3.63, 3.8) is 0 Å². The Labute approximate surface area is 174 Å². The maximum Gasteiger partial charge on any atom is 0.255 e. The van der Waals surface area contributed by atoms with Gasteiger partial charge in [0.05, 0.1) is 29.6 Å². The second kappa shape index (κ2) is 9.30. The third-order valence-electron chi connectivity index (χ3n) is 4.78. The van der Waals surface area contributed by atoms with Gasteiger partial charge in [0.1, 0.15) is 0 Å². The largest absolute Gasteiger partial charge is 0.493 e. The number of ether oxygens (including phenoxy) is 2. The molecule has 2 aromatic rings. The minimum Gasteiger partial charge on any atom is -0.493 e. The number of nitrogens with one attached hydrogen (secondary N) is 1. The first-order valence-corrected chi connectivity index (χ1v) is 10.2. The minimum absolute atomic E-state index is 0.191. The molecular formula is C21H26BrN3O3. The van der Waals surface area contributed by atoms with E-state index in [1.54, 1.807) is 19.2 Å². The molecule has 0 atom stereocenters. The van der Waals surface area contributed by atoms with E-state index in [0.29, 0.717) is 28.1 Å². The Morgan fingerprint density at radius 3 is 2.57 bits per heavy atom. The van der Waals surface area contributed by atoms with Crippen molar-refractivity contribution in [1.82, 2.24) is 4.90 Å². The van der Waals surface area contributed by atoms with Crippen LogP contribution in [0, 0.1) is 0 Å². The van der Waals surface area contributed by atoms with E-state index >= 15 is 0 Å². The molecule has 1 N–H and O–H groups in total. The van der Waals surface area contributed by atoms with Crippen LogP contribution in [0.1, 0.15) is 17.3 Å². The van der Waals surface area contributed by atoms with Gasteiger partial charge < -0.3 is 24.6 Å². The maximum absolute atomic E-state index is 12.9. The molecule has 1 fully saturated rings. The molecule has 1 saturated heterocycles. The molecule has 0 saturated carbocycles. The number of benzene rings is 2. The number of hydrogen-bond acceptors (Lipinski definition) is 5. The Morgan fingerprint density at radius 1 is 1.18 bits per heavy atom. The predicted octanol–water partition coefficient (Wildman–Crippen LogP) is 3.86. The summed E-state index contributed by atoms with van der Waals surface area (Å²) in [5.74, 6) is 0.928. The number of hydrogen-bond donors (Lipinski definition) is 1. The third kappa shape index (κ3) is 4.59. The average molecular weight is 448 g/mol. The number of para-hydroxylation sites is 2. The van der Waals surface area contributed by atoms with Gasteiger partial charge in [0.2, 0.25) is 0 Å². The second-order valence-corrected chi connectivity index (χ2v) is 7.54. The van der Waals surface area contributed by atoms with Crippen molar-refractivity contribution in [2.75, 3.05) is 57.2 Å². The number of carbonyl (C=O) groups is 1. The van der Waals surface area contributed by atoms with Crippen molar-refractivity contribution in [1.29, 1.82) is 0 Å². The number of rotatable bonds is 6. The molecule has 0 unspecified atom stereocenters. The van der Waals surface area contributed by atoms with Gasteiger partial charge >= 0.3 is 0 Å². The van der Waals surface area contributed by atoms with Crippen LogP contribution in [0.15, 0.2) is 40.9 Å². The molecule has 2 aromatic carbocycles. The highest BCUT2D eigenvalue weighted by Crippen LogP contribution is 2.37. The van der Waals surface area contributed by atoms with Crippen LogP contribution < -0.4 is 19.7 Å². The number of amides is 1. The molecule has 0 aromatic heterocycles. The molecule has 3 rings (SSSR count). The Balaban J connectivity index is 1.83. The van der Waals surface area contributed by atoms with Crippen LogP contribution in [0.2, 0.25) is 0 Å². The highest BCUT2D eigenvalue weighted by molar-refractivity contribution is 9.10. The fourth-order valence-corrected chi connectivity index (χ4v) is 3.79. The lowest BCUT2D eigenvalue weighted by Crippen LogP contribution is -2.44. The number of likely N-dealkylation sites (N-methyl/N-ethyl adjacent to an activating group) is 1. The van der Waals surface area contributed by atoms with Crippen molar-refractivity contribution >= 4 is 33.2 Å². The van der Waals surface area contributed by atoms with E-state index in [9.17, 15) is 4.79 Å². The Kier molecular flexibility index (Phi) is 6.80. The van der Waals surface area contributed by atoms with Crippen LogP contribution in [0.4, 0.5) is 11.4 Å². The number of piperazine rings is 1. The van der Waals surface area contributed by atoms with E-state index in [-0.39, 0.29) is 5.91 Å². The Morgan fingerprint density at radius 2 is 1.89 bits per heavy atom. The van der Waals surface area contributed by atoms with Crippen LogP contribution in [0.5, 0.6) is 11.5 Å². The van der Waals surface area contributed by atoms with E-state index in [4.69, 9.17) is 9.47 Å². The van der Waals surface area contributed by atoms with E-state index in [1.807, 2.05) is 25.1 Å². The van der Waals surface area contributed by atoms with Gasteiger partial charge in [-0.2, -0.15) is 0 Å². The summed E-state index contributed by atoms with van der Waals surface area (Å²) in [6, 6.07) is 11.4. The zero-order chi connectivity index (χ0) is 20.1. The van der Waals surface area contributed by atoms with E-state index in [1.165, 1.54) is 0 Å². The standard InChI is InChI=1S/C21H26BrN3O3/c1-4-28-20-16(22)13-15(14-19(20)27-3)21(26)23-17-7-5-6-8-18(17)25-11-9-24(2)10-12-25/h5-8,13-14H,4,9-12H2,1-3H3,(H,23,26). The van der Waals surface area contributed by atoms with Gasteiger partial charge in [-0.3, -0.25) is 4.79 Å². The van der Waals surface area contributed by atoms with Gasteiger partial charge in [-0.05, 0) is 54.2 Å². The SMILES string of the molecule is CCOc1c(Br)cc(C(=O)Nc2ccccc2N2CCN(C)CC2)cc1OC. The van der Waals surface area contributed by atoms with Gasteiger partial charge in [0, 0.05) is 31.7 Å². The fraction of sp³-hybridized carbons (Fsp3) is 0.381. The first-order chi connectivity index (χ1) is 13.5. The Hall–Kier alpha value is -2.25. The molecule has 1 amide bonds. The van der Waals surface area contributed by atoms with Gasteiger partial charge in [0.25, 0.3) is 5.91 Å². The molecule has 1 aliphatic rings. The number of nitrogens with zero attached hydrogens (tertiary/aromatic N) is 2. The third-order valence-corrected chi connectivity index (χ3v) is 5.37. The van der Waals surface area contributed by atoms with Crippen LogP contribution in [-0.2, 0) is 0 Å². The smallest absolute Gasteiger partial charge is 0.255 e. The van der Waals surface area contributed by atoms with E-state index in [0.717, 1.165) is 37.6 Å². The number of methoxy groups -OCH3 is 1. The summed E-state index contributed by atoms with van der Waals surface area (Å²) >= 11 is 3.48. The first-order valence-electron chi connectivity index (χ1n) is 9.37. The molecule has 0 radical (unpaired) electrons. The average Bonchev–Trinajstić information content (AvgIpc) is 2.70. The Bertz CT molecular complexity index is 836. The van der Waals surface area contributed by atoms with Crippen molar-refractivity contribution in [2.24, 2.45) is 0 Å². The molecule has 0 spiro atoms. The summed E-state index contributed by atoms with van der Waals surface area (Å²) in [7, 11) is 3.69. The van der Waals surface area contributed by atoms with Crippen molar-refractivity contribution < 1.29 is 14.3 Å². The van der Waals surface area contributed by atoms with Crippen LogP contribution in [0.25, 0.3) is 0 Å². The van der Waals surface area contributed by atoms with Crippen LogP contribution in [-0.4, -0.2) is 57.8 Å². The lowest BCUT2D eigenvalue weighted by atomic mass is 10.1. The maximum atomic E-state index is 12.9. The summed E-state index contributed by atoms with van der Waals surface area (Å²) in [6.07, 6.45) is 0. The summed E-state index contributed by atoms with van der Waals surface area (Å²) in [5.41, 5.74) is 2.35. The van der Waals surface area contributed by atoms with Crippen LogP contribution in [0.3, 0.4) is 0 Å². The number of carbonyl (C=O) groups excluding carboxylic acids is 1. The summed E-state index contributed by atoms with van der Waals surface area (Å²) < 4.78 is 11.7. The van der Waals surface area contributed by atoms with E-state index < -0.39 is 0 Å². The molecule has 6 nitrogen and oxygen atoms in total. The molecule has 150 valence electrons. The predicted molar refractivity (Wildman–Crippen MR) is 116 cm³/mol. The van der Waals surface area contributed by atoms with Crippen molar-refractivity contribution in [2.45, 2.75) is 6.92 Å². The number of anilines is 2. The summed E-state index contributed by atoms with van der Waals surface area (Å²) in [6.45, 7) is 6.30. The summed E-state index contributed by atoms with van der Waals surface area (Å²) in [5, 5.41) is 3.05. The second-order valence-electron chi connectivity index (χ2n) is 6.68. The normalized spacial score (nSPS) is 14.6. The first kappa shape index (κ1) is 20.5. The molecule has 0 aliphatic carbocycles. The molecule has 7 heteroatoms. The topological polar surface area (TPSA) is 54.0 Å².